The van der Waals surface area contributed by atoms with Crippen LogP contribution < -0.4 is 5.32 Å². The Balaban J connectivity index is 1.71. The van der Waals surface area contributed by atoms with E-state index >= 15 is 0 Å². The standard InChI is InChI=1S/C12H22N2O/c1-2-10-6-8-14(9-7-10)12(15)13-11-4-3-5-11/h10-11H,2-9H2,1H3,(H,13,15). The summed E-state index contributed by atoms with van der Waals surface area (Å²) in [5, 5.41) is 3.11. The van der Waals surface area contributed by atoms with Gasteiger partial charge in [0, 0.05) is 19.1 Å². The second-order valence-electron chi connectivity index (χ2n) is 4.92. The van der Waals surface area contributed by atoms with Crippen LogP contribution in [0, 0.1) is 5.92 Å². The minimum absolute atomic E-state index is 0.175. The first-order valence-corrected chi connectivity index (χ1v) is 6.35. The van der Waals surface area contributed by atoms with E-state index in [4.69, 9.17) is 0 Å². The lowest BCUT2D eigenvalue weighted by Crippen LogP contribution is -2.49. The summed E-state index contributed by atoms with van der Waals surface area (Å²) in [6, 6.07) is 0.649. The molecule has 1 aliphatic carbocycles. The number of carbonyl (C=O) groups is 1. The molecule has 2 fully saturated rings. The molecule has 0 atom stereocenters. The number of nitrogens with zero attached hydrogens (tertiary/aromatic N) is 1. The van der Waals surface area contributed by atoms with Crippen molar-refractivity contribution in [3.05, 3.63) is 0 Å². The lowest BCUT2D eigenvalue weighted by molar-refractivity contribution is 0.160. The molecule has 1 heterocycles. The number of amides is 2. The molecule has 2 rings (SSSR count). The number of hydrogen-bond acceptors (Lipinski definition) is 1. The first-order valence-electron chi connectivity index (χ1n) is 6.35. The molecule has 1 aliphatic heterocycles. The van der Waals surface area contributed by atoms with Gasteiger partial charge in [-0.1, -0.05) is 13.3 Å². The fourth-order valence-electron chi connectivity index (χ4n) is 2.36. The predicted molar refractivity (Wildman–Crippen MR) is 60.8 cm³/mol. The SMILES string of the molecule is CCC1CCN(C(=O)NC2CCC2)CC1. The summed E-state index contributed by atoms with van der Waals surface area (Å²) in [6.45, 7) is 4.16. The third-order valence-electron chi connectivity index (χ3n) is 3.91. The summed E-state index contributed by atoms with van der Waals surface area (Å²) in [7, 11) is 0. The highest BCUT2D eigenvalue weighted by Gasteiger charge is 2.25. The van der Waals surface area contributed by atoms with Gasteiger partial charge in [-0.25, -0.2) is 4.79 Å². The molecule has 0 radical (unpaired) electrons. The Labute approximate surface area is 92.2 Å². The van der Waals surface area contributed by atoms with Crippen LogP contribution in [0.1, 0.15) is 45.4 Å². The minimum Gasteiger partial charge on any atom is -0.335 e. The monoisotopic (exact) mass is 210 g/mol. The second kappa shape index (κ2) is 4.86. The Kier molecular flexibility index (Phi) is 3.49. The number of rotatable bonds is 2. The Bertz CT molecular complexity index is 218. The van der Waals surface area contributed by atoms with Gasteiger partial charge in [-0.2, -0.15) is 0 Å². The molecule has 3 nitrogen and oxygen atoms in total. The smallest absolute Gasteiger partial charge is 0.317 e. The maximum Gasteiger partial charge on any atom is 0.317 e. The average molecular weight is 210 g/mol. The minimum atomic E-state index is 0.175. The molecule has 1 saturated heterocycles. The van der Waals surface area contributed by atoms with Gasteiger partial charge in [-0.15, -0.1) is 0 Å². The second-order valence-corrected chi connectivity index (χ2v) is 4.92. The molecule has 0 aromatic heterocycles. The topological polar surface area (TPSA) is 32.3 Å². The third kappa shape index (κ3) is 2.64. The van der Waals surface area contributed by atoms with Gasteiger partial charge in [0.25, 0.3) is 0 Å². The first-order chi connectivity index (χ1) is 7.29. The van der Waals surface area contributed by atoms with E-state index in [1.165, 1.54) is 38.5 Å². The van der Waals surface area contributed by atoms with Crippen LogP contribution in [-0.2, 0) is 0 Å². The van der Waals surface area contributed by atoms with Gasteiger partial charge in [-0.3, -0.25) is 0 Å². The zero-order valence-corrected chi connectivity index (χ0v) is 9.67. The number of piperidine rings is 1. The van der Waals surface area contributed by atoms with Crippen molar-refractivity contribution in [3.8, 4) is 0 Å². The number of carbonyl (C=O) groups excluding carboxylic acids is 1. The van der Waals surface area contributed by atoms with Crippen molar-refractivity contribution in [3.63, 3.8) is 0 Å². The van der Waals surface area contributed by atoms with Gasteiger partial charge in [0.05, 0.1) is 0 Å². The molecule has 0 aromatic rings. The van der Waals surface area contributed by atoms with Crippen molar-refractivity contribution >= 4 is 6.03 Å². The fraction of sp³-hybridized carbons (Fsp3) is 0.917. The number of likely N-dealkylation sites (tertiary alicyclic amines) is 1. The van der Waals surface area contributed by atoms with E-state index in [0.29, 0.717) is 6.04 Å². The molecule has 2 amide bonds. The van der Waals surface area contributed by atoms with E-state index in [0.717, 1.165) is 19.0 Å². The van der Waals surface area contributed by atoms with Crippen molar-refractivity contribution in [1.29, 1.82) is 0 Å². The fourth-order valence-corrected chi connectivity index (χ4v) is 2.36. The molecule has 0 bridgehead atoms. The van der Waals surface area contributed by atoms with Crippen molar-refractivity contribution < 1.29 is 4.79 Å². The molecule has 3 heteroatoms. The Morgan fingerprint density at radius 1 is 1.27 bits per heavy atom. The summed E-state index contributed by atoms with van der Waals surface area (Å²) in [4.78, 5) is 13.8. The van der Waals surface area contributed by atoms with Gasteiger partial charge < -0.3 is 10.2 Å². The highest BCUT2D eigenvalue weighted by atomic mass is 16.2. The molecule has 0 spiro atoms. The van der Waals surface area contributed by atoms with Crippen molar-refractivity contribution in [2.45, 2.75) is 51.5 Å². The summed E-state index contributed by atoms with van der Waals surface area (Å²) in [5.74, 6) is 0.845. The number of urea groups is 1. The number of hydrogen-bond donors (Lipinski definition) is 1. The van der Waals surface area contributed by atoms with Gasteiger partial charge in [0.1, 0.15) is 0 Å². The quantitative estimate of drug-likeness (QED) is 0.745. The highest BCUT2D eigenvalue weighted by Crippen LogP contribution is 2.21. The van der Waals surface area contributed by atoms with Crippen molar-refractivity contribution in [2.24, 2.45) is 5.92 Å². The lowest BCUT2D eigenvalue weighted by Gasteiger charge is -2.34. The largest absolute Gasteiger partial charge is 0.335 e. The van der Waals surface area contributed by atoms with Gasteiger partial charge >= 0.3 is 6.03 Å². The van der Waals surface area contributed by atoms with Crippen LogP contribution >= 0.6 is 0 Å². The molecule has 0 aromatic carbocycles. The predicted octanol–water partition coefficient (Wildman–Crippen LogP) is 2.37. The van der Waals surface area contributed by atoms with Gasteiger partial charge in [0.15, 0.2) is 0 Å². The Morgan fingerprint density at radius 3 is 2.40 bits per heavy atom. The van der Waals surface area contributed by atoms with Crippen LogP contribution in [0.4, 0.5) is 4.79 Å². The molecular formula is C12H22N2O. The van der Waals surface area contributed by atoms with Crippen LogP contribution in [0.15, 0.2) is 0 Å². The number of nitrogens with one attached hydrogen (secondary N) is 1. The van der Waals surface area contributed by atoms with E-state index in [1.807, 2.05) is 4.90 Å². The zero-order valence-electron chi connectivity index (χ0n) is 9.67. The average Bonchev–Trinajstić information content (AvgIpc) is 2.23. The molecular weight excluding hydrogens is 188 g/mol. The lowest BCUT2D eigenvalue weighted by atomic mass is 9.93. The van der Waals surface area contributed by atoms with Gasteiger partial charge in [0.2, 0.25) is 0 Å². The maximum atomic E-state index is 11.8. The molecule has 15 heavy (non-hydrogen) atoms. The van der Waals surface area contributed by atoms with Crippen molar-refractivity contribution in [2.75, 3.05) is 13.1 Å². The van der Waals surface area contributed by atoms with Crippen LogP contribution in [0.3, 0.4) is 0 Å². The van der Waals surface area contributed by atoms with Crippen LogP contribution in [0.2, 0.25) is 0 Å². The summed E-state index contributed by atoms with van der Waals surface area (Å²) in [5.41, 5.74) is 0. The molecule has 1 saturated carbocycles. The summed E-state index contributed by atoms with van der Waals surface area (Å²) < 4.78 is 0. The van der Waals surface area contributed by atoms with E-state index in [2.05, 4.69) is 12.2 Å². The first kappa shape index (κ1) is 10.8. The molecule has 1 N–H and O–H groups in total. The van der Waals surface area contributed by atoms with Crippen molar-refractivity contribution in [1.82, 2.24) is 10.2 Å². The normalized spacial score (nSPS) is 23.7. The third-order valence-corrected chi connectivity index (χ3v) is 3.91. The molecule has 2 aliphatic rings. The maximum absolute atomic E-state index is 11.8. The Hall–Kier alpha value is -0.730. The summed E-state index contributed by atoms with van der Waals surface area (Å²) >= 11 is 0. The Morgan fingerprint density at radius 2 is 1.93 bits per heavy atom. The van der Waals surface area contributed by atoms with E-state index < -0.39 is 0 Å². The van der Waals surface area contributed by atoms with E-state index in [-0.39, 0.29) is 6.03 Å². The van der Waals surface area contributed by atoms with E-state index in [1.54, 1.807) is 0 Å². The molecule has 86 valence electrons. The highest BCUT2D eigenvalue weighted by molar-refractivity contribution is 5.74. The summed E-state index contributed by atoms with van der Waals surface area (Å²) in [6.07, 6.45) is 7.28. The zero-order chi connectivity index (χ0) is 10.7. The van der Waals surface area contributed by atoms with Crippen LogP contribution in [0.25, 0.3) is 0 Å². The van der Waals surface area contributed by atoms with Gasteiger partial charge in [-0.05, 0) is 38.0 Å². The van der Waals surface area contributed by atoms with E-state index in [9.17, 15) is 4.79 Å². The van der Waals surface area contributed by atoms with Crippen LogP contribution in [-0.4, -0.2) is 30.1 Å². The van der Waals surface area contributed by atoms with Crippen LogP contribution in [0.5, 0.6) is 0 Å². The molecule has 0 unspecified atom stereocenters.